The quantitative estimate of drug-likeness (QED) is 0.895. The fourth-order valence-electron chi connectivity index (χ4n) is 2.53. The molecule has 21 heavy (non-hydrogen) atoms. The van der Waals surface area contributed by atoms with Crippen molar-refractivity contribution >= 4 is 23.3 Å². The van der Waals surface area contributed by atoms with Crippen LogP contribution in [0.4, 0.5) is 4.79 Å². The predicted molar refractivity (Wildman–Crippen MR) is 79.4 cm³/mol. The lowest BCUT2D eigenvalue weighted by atomic mass is 10.1. The number of morpholine rings is 1. The average Bonchev–Trinajstić information content (AvgIpc) is 2.86. The second-order valence-corrected chi connectivity index (χ2v) is 6.78. The van der Waals surface area contributed by atoms with Gasteiger partial charge in [-0.1, -0.05) is 6.07 Å². The van der Waals surface area contributed by atoms with Gasteiger partial charge in [0.25, 0.3) is 0 Å². The zero-order valence-electron chi connectivity index (χ0n) is 12.3. The van der Waals surface area contributed by atoms with Crippen molar-refractivity contribution in [1.29, 1.82) is 0 Å². The average molecular weight is 312 g/mol. The van der Waals surface area contributed by atoms with Gasteiger partial charge in [0.15, 0.2) is 6.04 Å². The van der Waals surface area contributed by atoms with Crippen LogP contribution in [0.15, 0.2) is 17.5 Å². The van der Waals surface area contributed by atoms with Crippen molar-refractivity contribution in [3.05, 3.63) is 22.4 Å². The number of rotatable bonds is 3. The molecule has 2 heterocycles. The molecule has 1 aliphatic rings. The molecule has 0 bridgehead atoms. The van der Waals surface area contributed by atoms with Crippen LogP contribution in [0.5, 0.6) is 0 Å². The maximum atomic E-state index is 12.3. The minimum atomic E-state index is -1.06. The minimum absolute atomic E-state index is 0.0792. The number of nitrogens with zero attached hydrogens (tertiary/aromatic N) is 1. The number of carboxylic acids is 1. The molecule has 1 aliphatic heterocycles. The number of hydrogen-bond donors (Lipinski definition) is 2. The van der Waals surface area contributed by atoms with Crippen molar-refractivity contribution in [3.8, 4) is 0 Å². The van der Waals surface area contributed by atoms with E-state index in [2.05, 4.69) is 5.32 Å². The molecule has 0 aromatic carbocycles. The van der Waals surface area contributed by atoms with Gasteiger partial charge in [-0.25, -0.2) is 9.59 Å². The Kier molecular flexibility index (Phi) is 4.53. The van der Waals surface area contributed by atoms with Gasteiger partial charge in [0.05, 0.1) is 18.2 Å². The summed E-state index contributed by atoms with van der Waals surface area (Å²) in [7, 11) is 0. The fraction of sp³-hybridized carbons (Fsp3) is 0.571. The number of ether oxygens (including phenoxy) is 1. The van der Waals surface area contributed by atoms with Crippen LogP contribution in [0.25, 0.3) is 0 Å². The van der Waals surface area contributed by atoms with E-state index in [9.17, 15) is 14.7 Å². The number of hydrogen-bond acceptors (Lipinski definition) is 4. The third-order valence-corrected chi connectivity index (χ3v) is 4.14. The largest absolute Gasteiger partial charge is 0.479 e. The van der Waals surface area contributed by atoms with E-state index >= 15 is 0 Å². The number of urea groups is 1. The number of nitrogens with one attached hydrogen (secondary N) is 1. The third kappa shape index (κ3) is 3.95. The van der Waals surface area contributed by atoms with Gasteiger partial charge in [0.1, 0.15) is 0 Å². The van der Waals surface area contributed by atoms with E-state index in [-0.39, 0.29) is 12.1 Å². The first-order valence-electron chi connectivity index (χ1n) is 6.78. The Hall–Kier alpha value is -1.60. The fourth-order valence-corrected chi connectivity index (χ4v) is 3.30. The predicted octanol–water partition coefficient (Wildman–Crippen LogP) is 2.08. The first-order valence-corrected chi connectivity index (χ1v) is 7.66. The Morgan fingerprint density at radius 2 is 2.29 bits per heavy atom. The highest BCUT2D eigenvalue weighted by Gasteiger charge is 2.35. The van der Waals surface area contributed by atoms with Crippen LogP contribution in [0.2, 0.25) is 0 Å². The molecule has 2 rings (SSSR count). The summed E-state index contributed by atoms with van der Waals surface area (Å²) in [6, 6.07) is 2.08. The molecule has 1 fully saturated rings. The smallest absolute Gasteiger partial charge is 0.331 e. The highest BCUT2D eigenvalue weighted by Crippen LogP contribution is 2.23. The number of carbonyl (C=O) groups excluding carboxylic acids is 1. The van der Waals surface area contributed by atoms with E-state index in [1.165, 1.54) is 11.3 Å². The molecule has 1 saturated heterocycles. The van der Waals surface area contributed by atoms with Gasteiger partial charge in [-0.15, -0.1) is 11.3 Å². The van der Waals surface area contributed by atoms with Gasteiger partial charge in [-0.05, 0) is 32.2 Å². The highest BCUT2D eigenvalue weighted by atomic mass is 32.1. The molecular weight excluding hydrogens is 292 g/mol. The monoisotopic (exact) mass is 312 g/mol. The lowest BCUT2D eigenvalue weighted by Crippen LogP contribution is -2.56. The lowest BCUT2D eigenvalue weighted by Gasteiger charge is -2.41. The molecular formula is C14H20N2O4S. The summed E-state index contributed by atoms with van der Waals surface area (Å²) in [6.45, 7) is 6.61. The molecule has 6 nitrogen and oxygen atoms in total. The third-order valence-electron chi connectivity index (χ3n) is 3.20. The Bertz CT molecular complexity index is 515. The molecule has 2 unspecified atom stereocenters. The Morgan fingerprint density at radius 3 is 2.81 bits per heavy atom. The van der Waals surface area contributed by atoms with Crippen LogP contribution < -0.4 is 5.32 Å². The van der Waals surface area contributed by atoms with Crippen LogP contribution in [0, 0.1) is 0 Å². The van der Waals surface area contributed by atoms with Gasteiger partial charge >= 0.3 is 12.0 Å². The van der Waals surface area contributed by atoms with Crippen LogP contribution in [0.1, 0.15) is 31.7 Å². The molecule has 0 saturated carbocycles. The lowest BCUT2D eigenvalue weighted by molar-refractivity contribution is -0.139. The summed E-state index contributed by atoms with van der Waals surface area (Å²) in [5.74, 6) is -1.06. The Morgan fingerprint density at radius 1 is 1.57 bits per heavy atom. The van der Waals surface area contributed by atoms with Crippen molar-refractivity contribution in [3.63, 3.8) is 0 Å². The maximum Gasteiger partial charge on any atom is 0.331 e. The summed E-state index contributed by atoms with van der Waals surface area (Å²) in [4.78, 5) is 25.9. The molecule has 116 valence electrons. The van der Waals surface area contributed by atoms with Crippen LogP contribution in [-0.4, -0.2) is 46.8 Å². The van der Waals surface area contributed by atoms with E-state index < -0.39 is 17.6 Å². The molecule has 2 N–H and O–H groups in total. The number of aliphatic carboxylic acids is 1. The van der Waals surface area contributed by atoms with Crippen molar-refractivity contribution in [2.24, 2.45) is 0 Å². The first-order chi connectivity index (χ1) is 9.78. The van der Waals surface area contributed by atoms with E-state index in [1.54, 1.807) is 22.4 Å². The van der Waals surface area contributed by atoms with Crippen molar-refractivity contribution in [1.82, 2.24) is 10.2 Å². The van der Waals surface area contributed by atoms with E-state index in [4.69, 9.17) is 4.74 Å². The van der Waals surface area contributed by atoms with E-state index in [0.29, 0.717) is 18.0 Å². The van der Waals surface area contributed by atoms with Crippen molar-refractivity contribution in [2.45, 2.75) is 38.5 Å². The second kappa shape index (κ2) is 6.03. The van der Waals surface area contributed by atoms with Gasteiger partial charge in [0.2, 0.25) is 0 Å². The minimum Gasteiger partial charge on any atom is -0.479 e. The maximum absolute atomic E-state index is 12.3. The van der Waals surface area contributed by atoms with Gasteiger partial charge in [0, 0.05) is 11.4 Å². The number of amides is 2. The Labute approximate surface area is 127 Å². The number of carboxylic acid groups (broad SMARTS) is 1. The molecule has 1 aromatic heterocycles. The van der Waals surface area contributed by atoms with E-state index in [1.807, 2.05) is 20.8 Å². The zero-order chi connectivity index (χ0) is 15.6. The van der Waals surface area contributed by atoms with Crippen LogP contribution in [0.3, 0.4) is 0 Å². The molecule has 2 atom stereocenters. The number of thiophene rings is 1. The molecule has 0 spiro atoms. The van der Waals surface area contributed by atoms with Gasteiger partial charge in [-0.3, -0.25) is 0 Å². The Balaban J connectivity index is 2.07. The summed E-state index contributed by atoms with van der Waals surface area (Å²) in [5.41, 5.74) is -0.434. The molecule has 0 aliphatic carbocycles. The first kappa shape index (κ1) is 15.8. The van der Waals surface area contributed by atoms with Crippen molar-refractivity contribution < 1.29 is 19.4 Å². The number of carbonyl (C=O) groups is 2. The highest BCUT2D eigenvalue weighted by molar-refractivity contribution is 7.10. The molecule has 2 amide bonds. The summed E-state index contributed by atoms with van der Waals surface area (Å²) < 4.78 is 5.74. The molecule has 7 heteroatoms. The summed E-state index contributed by atoms with van der Waals surface area (Å²) >= 11 is 1.31. The summed E-state index contributed by atoms with van der Waals surface area (Å²) in [6.07, 6.45) is -0.0792. The van der Waals surface area contributed by atoms with Gasteiger partial charge < -0.3 is 20.1 Å². The SMILES string of the molecule is CC1CN(C(=O)NC(C(=O)O)c2cccs2)CC(C)(C)O1. The van der Waals surface area contributed by atoms with E-state index in [0.717, 1.165) is 0 Å². The summed E-state index contributed by atoms with van der Waals surface area (Å²) in [5, 5.41) is 13.7. The normalized spacial score (nSPS) is 22.6. The standard InChI is InChI=1S/C14H20N2O4S/c1-9-7-16(8-14(2,3)20-9)13(19)15-11(12(17)18)10-5-4-6-21-10/h4-6,9,11H,7-8H2,1-3H3,(H,15,19)(H,17,18). The van der Waals surface area contributed by atoms with Crippen molar-refractivity contribution in [2.75, 3.05) is 13.1 Å². The van der Waals surface area contributed by atoms with Crippen LogP contribution in [-0.2, 0) is 9.53 Å². The van der Waals surface area contributed by atoms with Gasteiger partial charge in [-0.2, -0.15) is 0 Å². The molecule has 1 aromatic rings. The topological polar surface area (TPSA) is 78.9 Å². The van der Waals surface area contributed by atoms with Crippen LogP contribution >= 0.6 is 11.3 Å². The zero-order valence-corrected chi connectivity index (χ0v) is 13.1. The second-order valence-electron chi connectivity index (χ2n) is 5.80. The molecule has 0 radical (unpaired) electrons.